The lowest BCUT2D eigenvalue weighted by Gasteiger charge is -2.31. The Bertz CT molecular complexity index is 594. The molecule has 0 saturated heterocycles. The van der Waals surface area contributed by atoms with Gasteiger partial charge in [-0.25, -0.2) is 0 Å². The third kappa shape index (κ3) is 3.64. The van der Waals surface area contributed by atoms with Gasteiger partial charge in [0.1, 0.15) is 11.8 Å². The second-order valence-corrected chi connectivity index (χ2v) is 6.98. The Morgan fingerprint density at radius 3 is 2.29 bits per heavy atom. The minimum atomic E-state index is -0.408. The van der Waals surface area contributed by atoms with Crippen molar-refractivity contribution in [3.05, 3.63) is 41.2 Å². The zero-order chi connectivity index (χ0) is 17.9. The maximum absolute atomic E-state index is 13.2. The summed E-state index contributed by atoms with van der Waals surface area (Å²) in [5.41, 5.74) is 3.45. The monoisotopic (exact) mass is 330 g/mol. The number of benzene rings is 1. The molecule has 1 aromatic rings. The molecule has 0 aliphatic carbocycles. The Balaban J connectivity index is 2.45. The number of likely N-dealkylation sites (N-methyl/N-ethyl adjacent to an activating group) is 1. The maximum atomic E-state index is 13.2. The summed E-state index contributed by atoms with van der Waals surface area (Å²) in [6.07, 6.45) is 2.89. The predicted molar refractivity (Wildman–Crippen MR) is 99.5 cm³/mol. The van der Waals surface area contributed by atoms with E-state index in [0.29, 0.717) is 17.6 Å². The summed E-state index contributed by atoms with van der Waals surface area (Å²) in [7, 11) is 3.50. The molecule has 24 heavy (non-hydrogen) atoms. The van der Waals surface area contributed by atoms with E-state index in [9.17, 15) is 4.79 Å². The third-order valence-electron chi connectivity index (χ3n) is 4.61. The molecule has 1 N–H and O–H groups in total. The lowest BCUT2D eigenvalue weighted by atomic mass is 9.91. The van der Waals surface area contributed by atoms with Gasteiger partial charge in [0.15, 0.2) is 0 Å². The van der Waals surface area contributed by atoms with Crippen molar-refractivity contribution in [2.24, 2.45) is 0 Å². The molecule has 0 radical (unpaired) electrons. The molecule has 4 heteroatoms. The molecule has 2 rings (SSSR count). The first kappa shape index (κ1) is 18.5. The number of amides is 1. The molecule has 0 spiro atoms. The van der Waals surface area contributed by atoms with Crippen molar-refractivity contribution in [1.82, 2.24) is 5.32 Å². The molecule has 1 atom stereocenters. The van der Waals surface area contributed by atoms with Crippen LogP contribution in [0.1, 0.15) is 57.1 Å². The topological polar surface area (TPSA) is 41.6 Å². The smallest absolute Gasteiger partial charge is 0.251 e. The van der Waals surface area contributed by atoms with Crippen LogP contribution in [0.5, 0.6) is 0 Å². The number of hydrogen-bond acceptors (Lipinski definition) is 3. The first-order valence-electron chi connectivity index (χ1n) is 8.76. The van der Waals surface area contributed by atoms with E-state index in [1.165, 1.54) is 11.1 Å². The fraction of sp³-hybridized carbons (Fsp3) is 0.550. The van der Waals surface area contributed by atoms with Crippen LogP contribution >= 0.6 is 0 Å². The number of anilines is 1. The van der Waals surface area contributed by atoms with Gasteiger partial charge in [0.25, 0.3) is 5.91 Å². The highest BCUT2D eigenvalue weighted by Gasteiger charge is 2.31. The Morgan fingerprint density at radius 1 is 1.21 bits per heavy atom. The van der Waals surface area contributed by atoms with Crippen LogP contribution in [0, 0.1) is 0 Å². The molecule has 4 nitrogen and oxygen atoms in total. The molecule has 0 saturated carbocycles. The molecule has 1 heterocycles. The number of methoxy groups -OCH3 is 1. The van der Waals surface area contributed by atoms with Gasteiger partial charge in [-0.3, -0.25) is 10.1 Å². The quantitative estimate of drug-likeness (QED) is 0.893. The van der Waals surface area contributed by atoms with Gasteiger partial charge in [-0.1, -0.05) is 45.9 Å². The first-order chi connectivity index (χ1) is 11.4. The number of carbonyl (C=O) groups excluding carboxylic acids is 1. The molecule has 0 bridgehead atoms. The zero-order valence-electron chi connectivity index (χ0n) is 15.7. The third-order valence-corrected chi connectivity index (χ3v) is 4.61. The SMILES string of the molecule is COC1=CCCNC1C(=O)N(C)c1c(C(C)C)cccc1C(C)C. The van der Waals surface area contributed by atoms with Crippen LogP contribution < -0.4 is 10.2 Å². The Hall–Kier alpha value is -1.81. The fourth-order valence-corrected chi connectivity index (χ4v) is 3.27. The second-order valence-electron chi connectivity index (χ2n) is 6.98. The van der Waals surface area contributed by atoms with Crippen molar-refractivity contribution >= 4 is 11.6 Å². The minimum absolute atomic E-state index is 0.0257. The van der Waals surface area contributed by atoms with Crippen LogP contribution in [0.4, 0.5) is 5.69 Å². The van der Waals surface area contributed by atoms with Crippen molar-refractivity contribution in [1.29, 1.82) is 0 Å². The molecule has 0 fully saturated rings. The number of ether oxygens (including phenoxy) is 1. The number of nitrogens with one attached hydrogen (secondary N) is 1. The molecule has 1 amide bonds. The number of carbonyl (C=O) groups is 1. The average Bonchev–Trinajstić information content (AvgIpc) is 2.59. The number of rotatable bonds is 5. The molecule has 1 unspecified atom stereocenters. The van der Waals surface area contributed by atoms with Crippen LogP contribution in [-0.2, 0) is 9.53 Å². The van der Waals surface area contributed by atoms with Gasteiger partial charge in [-0.05, 0) is 42.0 Å². The maximum Gasteiger partial charge on any atom is 0.251 e. The van der Waals surface area contributed by atoms with E-state index in [0.717, 1.165) is 18.7 Å². The van der Waals surface area contributed by atoms with E-state index in [4.69, 9.17) is 4.74 Å². The number of para-hydroxylation sites is 1. The predicted octanol–water partition coefficient (Wildman–Crippen LogP) is 3.79. The van der Waals surface area contributed by atoms with Gasteiger partial charge >= 0.3 is 0 Å². The van der Waals surface area contributed by atoms with Crippen LogP contribution in [0.25, 0.3) is 0 Å². The van der Waals surface area contributed by atoms with Gasteiger partial charge in [0.05, 0.1) is 12.8 Å². The highest BCUT2D eigenvalue weighted by atomic mass is 16.5. The van der Waals surface area contributed by atoms with E-state index in [2.05, 4.69) is 51.2 Å². The standard InChI is InChI=1S/C20H30N2O2/c1-13(2)15-9-7-10-16(14(3)4)19(15)22(5)20(23)18-17(24-6)11-8-12-21-18/h7,9-11,13-14,18,21H,8,12H2,1-6H3. The fourth-order valence-electron chi connectivity index (χ4n) is 3.27. The second kappa shape index (κ2) is 7.84. The summed E-state index contributed by atoms with van der Waals surface area (Å²) in [5, 5.41) is 3.28. The van der Waals surface area contributed by atoms with Crippen LogP contribution in [-0.4, -0.2) is 32.7 Å². The summed E-state index contributed by atoms with van der Waals surface area (Å²) >= 11 is 0. The van der Waals surface area contributed by atoms with Crippen molar-refractivity contribution in [2.45, 2.75) is 52.0 Å². The van der Waals surface area contributed by atoms with E-state index in [1.54, 1.807) is 12.0 Å². The zero-order valence-corrected chi connectivity index (χ0v) is 15.7. The van der Waals surface area contributed by atoms with E-state index in [-0.39, 0.29) is 5.91 Å². The van der Waals surface area contributed by atoms with Crippen molar-refractivity contribution in [3.8, 4) is 0 Å². The van der Waals surface area contributed by atoms with Crippen LogP contribution in [0.15, 0.2) is 30.0 Å². The van der Waals surface area contributed by atoms with Gasteiger partial charge in [-0.15, -0.1) is 0 Å². The Labute approximate surface area is 145 Å². The molecule has 132 valence electrons. The van der Waals surface area contributed by atoms with Gasteiger partial charge in [-0.2, -0.15) is 0 Å². The van der Waals surface area contributed by atoms with Crippen LogP contribution in [0.3, 0.4) is 0 Å². The molecule has 1 aliphatic heterocycles. The highest BCUT2D eigenvalue weighted by molar-refractivity contribution is 6.00. The van der Waals surface area contributed by atoms with Crippen molar-refractivity contribution in [2.75, 3.05) is 25.6 Å². The van der Waals surface area contributed by atoms with Gasteiger partial charge in [0, 0.05) is 7.05 Å². The normalized spacial score (nSPS) is 17.8. The summed E-state index contributed by atoms with van der Waals surface area (Å²) < 4.78 is 5.42. The lowest BCUT2D eigenvalue weighted by Crippen LogP contribution is -2.49. The van der Waals surface area contributed by atoms with Crippen LogP contribution in [0.2, 0.25) is 0 Å². The van der Waals surface area contributed by atoms with E-state index in [1.807, 2.05) is 13.1 Å². The summed E-state index contributed by atoms with van der Waals surface area (Å²) in [6.45, 7) is 9.46. The largest absolute Gasteiger partial charge is 0.499 e. The van der Waals surface area contributed by atoms with Crippen molar-refractivity contribution < 1.29 is 9.53 Å². The molecular weight excluding hydrogens is 300 g/mol. The number of nitrogens with zero attached hydrogens (tertiary/aromatic N) is 1. The Kier molecular flexibility index (Phi) is 6.05. The van der Waals surface area contributed by atoms with E-state index >= 15 is 0 Å². The van der Waals surface area contributed by atoms with Crippen molar-refractivity contribution in [3.63, 3.8) is 0 Å². The minimum Gasteiger partial charge on any atom is -0.499 e. The molecular formula is C20H30N2O2. The summed E-state index contributed by atoms with van der Waals surface area (Å²) in [4.78, 5) is 15.0. The van der Waals surface area contributed by atoms with Gasteiger partial charge < -0.3 is 9.64 Å². The lowest BCUT2D eigenvalue weighted by molar-refractivity contribution is -0.120. The molecule has 0 aromatic heterocycles. The van der Waals surface area contributed by atoms with Gasteiger partial charge in [0.2, 0.25) is 0 Å². The summed E-state index contributed by atoms with van der Waals surface area (Å²) in [6, 6.07) is 5.92. The first-order valence-corrected chi connectivity index (χ1v) is 8.76. The molecule has 1 aliphatic rings. The Morgan fingerprint density at radius 2 is 1.79 bits per heavy atom. The highest BCUT2D eigenvalue weighted by Crippen LogP contribution is 2.35. The molecule has 1 aromatic carbocycles. The van der Waals surface area contributed by atoms with E-state index < -0.39 is 6.04 Å². The summed E-state index contributed by atoms with van der Waals surface area (Å²) in [5.74, 6) is 1.44. The number of hydrogen-bond donors (Lipinski definition) is 1. The average molecular weight is 330 g/mol.